The van der Waals surface area contributed by atoms with Crippen LogP contribution >= 0.6 is 15.9 Å². The maximum absolute atomic E-state index is 12.3. The molecule has 2 aromatic carbocycles. The molecule has 190 valence electrons. The van der Waals surface area contributed by atoms with Crippen molar-refractivity contribution in [1.82, 2.24) is 9.47 Å². The molecule has 4 rings (SSSR count). The second kappa shape index (κ2) is 12.1. The van der Waals surface area contributed by atoms with Crippen LogP contribution in [0.25, 0.3) is 10.9 Å². The van der Waals surface area contributed by atoms with Gasteiger partial charge in [0, 0.05) is 9.86 Å². The number of methoxy groups -OCH3 is 1. The summed E-state index contributed by atoms with van der Waals surface area (Å²) in [6.45, 7) is 3.93. The minimum Gasteiger partial charge on any atom is -0.497 e. The first-order chi connectivity index (χ1) is 17.5. The monoisotopic (exact) mass is 555 g/mol. The van der Waals surface area contributed by atoms with Crippen molar-refractivity contribution in [1.29, 1.82) is 0 Å². The molecule has 1 aromatic heterocycles. The lowest BCUT2D eigenvalue weighted by atomic mass is 10.1. The first-order valence-corrected chi connectivity index (χ1v) is 12.7. The van der Waals surface area contributed by atoms with Gasteiger partial charge in [-0.1, -0.05) is 33.9 Å². The Morgan fingerprint density at radius 2 is 1.81 bits per heavy atom. The number of oxime groups is 1. The number of carbonyl (C=O) groups excluding carboxylic acids is 1. The molecule has 0 saturated carbocycles. The van der Waals surface area contributed by atoms with Crippen molar-refractivity contribution in [3.05, 3.63) is 52.5 Å². The lowest BCUT2D eigenvalue weighted by molar-refractivity contribution is -0.122. The zero-order chi connectivity index (χ0) is 25.5. The topological polar surface area (TPSA) is 101 Å². The van der Waals surface area contributed by atoms with E-state index in [0.717, 1.165) is 47.2 Å². The molecule has 0 unspecified atom stereocenters. The predicted molar refractivity (Wildman–Crippen MR) is 142 cm³/mol. The van der Waals surface area contributed by atoms with Crippen LogP contribution in [-0.2, 0) is 16.3 Å². The third-order valence-corrected chi connectivity index (χ3v) is 6.66. The molecule has 0 atom stereocenters. The molecule has 3 aromatic rings. The van der Waals surface area contributed by atoms with Gasteiger partial charge in [-0.05, 0) is 80.9 Å². The Kier molecular flexibility index (Phi) is 8.71. The van der Waals surface area contributed by atoms with Crippen LogP contribution in [-0.4, -0.2) is 53.0 Å². The van der Waals surface area contributed by atoms with Crippen LogP contribution in [0.2, 0.25) is 0 Å². The third-order valence-electron chi connectivity index (χ3n) is 6.17. The van der Waals surface area contributed by atoms with Gasteiger partial charge in [0.2, 0.25) is 5.88 Å². The van der Waals surface area contributed by atoms with Crippen LogP contribution in [0, 0.1) is 0 Å². The Labute approximate surface area is 218 Å². The average molecular weight is 556 g/mol. The molecule has 1 amide bonds. The van der Waals surface area contributed by atoms with Crippen LogP contribution in [0.15, 0.2) is 62.3 Å². The fourth-order valence-corrected chi connectivity index (χ4v) is 4.58. The van der Waals surface area contributed by atoms with Crippen molar-refractivity contribution in [2.45, 2.75) is 39.3 Å². The first kappa shape index (κ1) is 25.8. The molecule has 36 heavy (non-hydrogen) atoms. The summed E-state index contributed by atoms with van der Waals surface area (Å²) in [4.78, 5) is 19.8. The molecule has 1 aliphatic rings. The molecule has 1 saturated heterocycles. The van der Waals surface area contributed by atoms with E-state index in [1.165, 1.54) is 12.8 Å². The van der Waals surface area contributed by atoms with E-state index in [0.29, 0.717) is 17.8 Å². The number of fused-ring (bicyclic) bond motifs is 1. The van der Waals surface area contributed by atoms with Gasteiger partial charge >= 0.3 is 5.91 Å². The Morgan fingerprint density at radius 3 is 2.50 bits per heavy atom. The average Bonchev–Trinajstić information content (AvgIpc) is 3.03. The van der Waals surface area contributed by atoms with Crippen LogP contribution in [0.5, 0.6) is 11.6 Å². The van der Waals surface area contributed by atoms with E-state index in [9.17, 15) is 9.90 Å². The number of hydrogen-bond acceptors (Lipinski definition) is 7. The van der Waals surface area contributed by atoms with Crippen molar-refractivity contribution in [3.63, 3.8) is 0 Å². The highest BCUT2D eigenvalue weighted by molar-refractivity contribution is 9.10. The van der Waals surface area contributed by atoms with Gasteiger partial charge in [-0.3, -0.25) is 14.3 Å². The highest BCUT2D eigenvalue weighted by Crippen LogP contribution is 2.40. The lowest BCUT2D eigenvalue weighted by Crippen LogP contribution is -2.27. The van der Waals surface area contributed by atoms with Gasteiger partial charge in [-0.2, -0.15) is 0 Å². The molecule has 1 N–H and O–H groups in total. The number of benzene rings is 2. The molecular weight excluding hydrogens is 526 g/mol. The van der Waals surface area contributed by atoms with Crippen molar-refractivity contribution in [2.24, 2.45) is 15.4 Å². The molecule has 0 bridgehead atoms. The van der Waals surface area contributed by atoms with Gasteiger partial charge in [0.1, 0.15) is 5.75 Å². The summed E-state index contributed by atoms with van der Waals surface area (Å²) in [6, 6.07) is 13.1. The summed E-state index contributed by atoms with van der Waals surface area (Å²) < 4.78 is 7.82. The van der Waals surface area contributed by atoms with E-state index in [4.69, 9.17) is 9.57 Å². The van der Waals surface area contributed by atoms with E-state index >= 15 is 0 Å². The minimum atomic E-state index is -0.607. The summed E-state index contributed by atoms with van der Waals surface area (Å²) in [5, 5.41) is 23.6. The number of halogens is 1. The molecule has 0 radical (unpaired) electrons. The first-order valence-electron chi connectivity index (χ1n) is 11.9. The summed E-state index contributed by atoms with van der Waals surface area (Å²) >= 11 is 3.48. The Balaban J connectivity index is 1.46. The van der Waals surface area contributed by atoms with Gasteiger partial charge < -0.3 is 14.7 Å². The van der Waals surface area contributed by atoms with Crippen molar-refractivity contribution in [3.8, 4) is 11.6 Å². The van der Waals surface area contributed by atoms with Crippen LogP contribution in [0.4, 0.5) is 5.69 Å². The number of aromatic nitrogens is 1. The normalized spacial score (nSPS) is 15.4. The molecule has 1 fully saturated rings. The SMILES string of the molecule is COc1ccc(C(C)=NOCC(=O)N=Nc2c(O)n(CN3CCCCCC3)c3ccc(Br)cc23)cc1. The van der Waals surface area contributed by atoms with Gasteiger partial charge in [-0.25, -0.2) is 0 Å². The smallest absolute Gasteiger partial charge is 0.304 e. The standard InChI is InChI=1S/C26H30BrN5O4/c1-18(19-7-10-21(35-2)11-8-19)30-36-16-24(33)28-29-25-22-15-20(27)9-12-23(22)32(26(25)34)17-31-13-5-3-4-6-14-31/h7-12,15,34H,3-6,13-14,16-17H2,1-2H3. The van der Waals surface area contributed by atoms with Gasteiger partial charge in [-0.15, -0.1) is 10.2 Å². The fourth-order valence-electron chi connectivity index (χ4n) is 4.22. The molecule has 10 heteroatoms. The molecule has 9 nitrogen and oxygen atoms in total. The second-order valence-corrected chi connectivity index (χ2v) is 9.62. The predicted octanol–water partition coefficient (Wildman–Crippen LogP) is 6.00. The van der Waals surface area contributed by atoms with E-state index in [-0.39, 0.29) is 18.2 Å². The number of nitrogens with zero attached hydrogens (tertiary/aromatic N) is 5. The number of azo groups is 1. The summed E-state index contributed by atoms with van der Waals surface area (Å²) in [7, 11) is 1.60. The highest BCUT2D eigenvalue weighted by Gasteiger charge is 2.20. The van der Waals surface area contributed by atoms with E-state index in [1.54, 1.807) is 14.0 Å². The van der Waals surface area contributed by atoms with Crippen molar-refractivity contribution >= 4 is 44.1 Å². The quantitative estimate of drug-likeness (QED) is 0.208. The largest absolute Gasteiger partial charge is 0.497 e. The summed E-state index contributed by atoms with van der Waals surface area (Å²) in [6.07, 6.45) is 4.75. The summed E-state index contributed by atoms with van der Waals surface area (Å²) in [5.41, 5.74) is 2.55. The van der Waals surface area contributed by atoms with Crippen LogP contribution in [0.3, 0.4) is 0 Å². The Hall–Kier alpha value is -3.24. The number of likely N-dealkylation sites (tertiary alicyclic amines) is 1. The molecule has 0 spiro atoms. The maximum Gasteiger partial charge on any atom is 0.304 e. The molecular formula is C26H30BrN5O4. The van der Waals surface area contributed by atoms with E-state index in [1.807, 2.05) is 47.0 Å². The van der Waals surface area contributed by atoms with Crippen LogP contribution < -0.4 is 4.74 Å². The molecule has 0 aliphatic carbocycles. The number of aromatic hydroxyl groups is 1. The van der Waals surface area contributed by atoms with Gasteiger partial charge in [0.25, 0.3) is 0 Å². The number of carbonyl (C=O) groups is 1. The number of rotatable bonds is 8. The summed E-state index contributed by atoms with van der Waals surface area (Å²) in [5.74, 6) is 0.119. The maximum atomic E-state index is 12.3. The second-order valence-electron chi connectivity index (χ2n) is 8.71. The Morgan fingerprint density at radius 1 is 1.08 bits per heavy atom. The van der Waals surface area contributed by atoms with Crippen LogP contribution in [0.1, 0.15) is 38.2 Å². The van der Waals surface area contributed by atoms with Crippen molar-refractivity contribution in [2.75, 3.05) is 26.8 Å². The number of ether oxygens (including phenoxy) is 1. The van der Waals surface area contributed by atoms with Crippen molar-refractivity contribution < 1.29 is 19.5 Å². The third kappa shape index (κ3) is 6.30. The fraction of sp³-hybridized carbons (Fsp3) is 0.385. The molecule has 1 aliphatic heterocycles. The van der Waals surface area contributed by atoms with Gasteiger partial charge in [0.05, 0.1) is 25.0 Å². The lowest BCUT2D eigenvalue weighted by Gasteiger charge is -2.21. The van der Waals surface area contributed by atoms with Gasteiger partial charge in [0.15, 0.2) is 12.3 Å². The molecule has 2 heterocycles. The highest BCUT2D eigenvalue weighted by atomic mass is 79.9. The number of hydrogen-bond donors (Lipinski definition) is 1. The Bertz CT molecular complexity index is 1260. The zero-order valence-corrected chi connectivity index (χ0v) is 22.1. The minimum absolute atomic E-state index is 0.0156. The number of amides is 1. The van der Waals surface area contributed by atoms with E-state index in [2.05, 4.69) is 36.2 Å². The van der Waals surface area contributed by atoms with E-state index < -0.39 is 5.91 Å². The zero-order valence-electron chi connectivity index (χ0n) is 20.5.